The summed E-state index contributed by atoms with van der Waals surface area (Å²) in [5.74, 6) is -1.24. The van der Waals surface area contributed by atoms with E-state index < -0.39 is 30.2 Å². The third-order valence-corrected chi connectivity index (χ3v) is 5.36. The maximum absolute atomic E-state index is 13.0. The molecule has 0 spiro atoms. The number of alkyl halides is 3. The molecular formula is C20H14F3NO5S2. The normalized spacial score (nSPS) is 15.5. The molecule has 1 aliphatic heterocycles. The fraction of sp³-hybridized carbons (Fsp3) is 0.150. The molecule has 1 amide bonds. The number of hydrogen-bond donors (Lipinski definition) is 1. The number of rotatable bonds is 6. The summed E-state index contributed by atoms with van der Waals surface area (Å²) in [6.07, 6.45) is -3.04. The van der Waals surface area contributed by atoms with Crippen molar-refractivity contribution in [3.05, 3.63) is 58.5 Å². The molecule has 1 saturated heterocycles. The second-order valence-electron chi connectivity index (χ2n) is 6.16. The number of halogens is 3. The number of thiocarbonyl (C=S) groups is 1. The summed E-state index contributed by atoms with van der Waals surface area (Å²) in [6.45, 7) is -0.550. The summed E-state index contributed by atoms with van der Waals surface area (Å²) < 4.78 is 49.4. The number of hydrogen-bond acceptors (Lipinski definition) is 6. The van der Waals surface area contributed by atoms with Crippen molar-refractivity contribution in [2.24, 2.45) is 0 Å². The van der Waals surface area contributed by atoms with Gasteiger partial charge in [0.15, 0.2) is 22.4 Å². The zero-order valence-corrected chi connectivity index (χ0v) is 17.4. The van der Waals surface area contributed by atoms with E-state index in [1.54, 1.807) is 6.07 Å². The Kier molecular flexibility index (Phi) is 6.56. The molecular weight excluding hydrogens is 455 g/mol. The molecule has 1 N–H and O–H groups in total. The molecule has 11 heteroatoms. The standard InChI is InChI=1S/C20H14F3NO5S2/c1-28-15-7-11(5-6-14(15)29-10-17(25)26)8-16-18(27)24(19(30)31-16)13-4-2-3-12(9-13)20(21,22)23/h2-9H,10H2,1H3,(H,25,26). The van der Waals surface area contributed by atoms with E-state index in [-0.39, 0.29) is 26.4 Å². The van der Waals surface area contributed by atoms with Crippen LogP contribution in [-0.4, -0.2) is 35.0 Å². The van der Waals surface area contributed by atoms with E-state index in [9.17, 15) is 22.8 Å². The Morgan fingerprint density at radius 3 is 2.61 bits per heavy atom. The second kappa shape index (κ2) is 8.98. The fourth-order valence-electron chi connectivity index (χ4n) is 2.70. The summed E-state index contributed by atoms with van der Waals surface area (Å²) >= 11 is 6.16. The summed E-state index contributed by atoms with van der Waals surface area (Å²) in [5.41, 5.74) is -0.329. The molecule has 0 atom stereocenters. The zero-order chi connectivity index (χ0) is 22.8. The molecule has 0 aliphatic carbocycles. The number of anilines is 1. The van der Waals surface area contributed by atoms with Crippen LogP contribution in [0.5, 0.6) is 11.5 Å². The van der Waals surface area contributed by atoms with E-state index in [2.05, 4.69) is 0 Å². The van der Waals surface area contributed by atoms with Gasteiger partial charge in [0.25, 0.3) is 5.91 Å². The quantitative estimate of drug-likeness (QED) is 0.490. The predicted octanol–water partition coefficient (Wildman–Crippen LogP) is 4.58. The number of carbonyl (C=O) groups is 2. The van der Waals surface area contributed by atoms with Gasteiger partial charge >= 0.3 is 12.1 Å². The van der Waals surface area contributed by atoms with Gasteiger partial charge in [-0.1, -0.05) is 36.1 Å². The van der Waals surface area contributed by atoms with Crippen molar-refractivity contribution in [3.63, 3.8) is 0 Å². The Morgan fingerprint density at radius 2 is 1.97 bits per heavy atom. The Bertz CT molecular complexity index is 1080. The largest absolute Gasteiger partial charge is 0.493 e. The molecule has 0 aromatic heterocycles. The summed E-state index contributed by atoms with van der Waals surface area (Å²) in [7, 11) is 1.37. The van der Waals surface area contributed by atoms with Gasteiger partial charge in [-0.15, -0.1) is 0 Å². The molecule has 1 aliphatic rings. The number of ether oxygens (including phenoxy) is 2. The van der Waals surface area contributed by atoms with Crippen LogP contribution in [0.3, 0.4) is 0 Å². The van der Waals surface area contributed by atoms with Crippen LogP contribution in [-0.2, 0) is 15.8 Å². The van der Waals surface area contributed by atoms with Crippen LogP contribution in [0.15, 0.2) is 47.4 Å². The number of carbonyl (C=O) groups excluding carboxylic acids is 1. The van der Waals surface area contributed by atoms with E-state index in [0.29, 0.717) is 5.56 Å². The smallest absolute Gasteiger partial charge is 0.416 e. The molecule has 1 heterocycles. The Labute approximate surface area is 184 Å². The van der Waals surface area contributed by atoms with Gasteiger partial charge in [0.2, 0.25) is 0 Å². The number of carboxylic acid groups (broad SMARTS) is 1. The number of aliphatic carboxylic acids is 1. The number of thioether (sulfide) groups is 1. The molecule has 0 radical (unpaired) electrons. The molecule has 162 valence electrons. The van der Waals surface area contributed by atoms with Crippen LogP contribution < -0.4 is 14.4 Å². The van der Waals surface area contributed by atoms with Gasteiger partial charge in [-0.2, -0.15) is 13.2 Å². The van der Waals surface area contributed by atoms with Crippen LogP contribution >= 0.6 is 24.0 Å². The molecule has 1 fully saturated rings. The van der Waals surface area contributed by atoms with E-state index in [0.717, 1.165) is 28.8 Å². The average molecular weight is 469 g/mol. The van der Waals surface area contributed by atoms with Gasteiger partial charge in [-0.25, -0.2) is 4.79 Å². The van der Waals surface area contributed by atoms with Crippen molar-refractivity contribution in [1.29, 1.82) is 0 Å². The highest BCUT2D eigenvalue weighted by Crippen LogP contribution is 2.39. The van der Waals surface area contributed by atoms with Gasteiger partial charge in [0.1, 0.15) is 0 Å². The van der Waals surface area contributed by atoms with Crippen molar-refractivity contribution >= 4 is 51.9 Å². The number of amides is 1. The van der Waals surface area contributed by atoms with E-state index in [1.807, 2.05) is 0 Å². The third-order valence-electron chi connectivity index (χ3n) is 4.06. The maximum atomic E-state index is 13.0. The first kappa shape index (κ1) is 22.6. The first-order valence-electron chi connectivity index (χ1n) is 8.58. The number of nitrogens with zero attached hydrogens (tertiary/aromatic N) is 1. The SMILES string of the molecule is COc1cc(C=C2SC(=S)N(c3cccc(C(F)(F)F)c3)C2=O)ccc1OCC(=O)O. The second-order valence-corrected chi connectivity index (χ2v) is 7.83. The minimum atomic E-state index is -4.55. The lowest BCUT2D eigenvalue weighted by molar-refractivity contribution is -0.139. The highest BCUT2D eigenvalue weighted by atomic mass is 32.2. The highest BCUT2D eigenvalue weighted by molar-refractivity contribution is 8.27. The van der Waals surface area contributed by atoms with Gasteiger partial charge in [0.05, 0.1) is 23.3 Å². The fourth-order valence-corrected chi connectivity index (χ4v) is 3.99. The average Bonchev–Trinajstić information content (AvgIpc) is 2.99. The van der Waals surface area contributed by atoms with Gasteiger partial charge in [0, 0.05) is 0 Å². The third kappa shape index (κ3) is 5.17. The van der Waals surface area contributed by atoms with E-state index in [4.69, 9.17) is 26.8 Å². The lowest BCUT2D eigenvalue weighted by Crippen LogP contribution is -2.27. The van der Waals surface area contributed by atoms with Crippen LogP contribution in [0.25, 0.3) is 6.08 Å². The van der Waals surface area contributed by atoms with Crippen molar-refractivity contribution in [1.82, 2.24) is 0 Å². The van der Waals surface area contributed by atoms with Crippen molar-refractivity contribution in [2.45, 2.75) is 6.18 Å². The van der Waals surface area contributed by atoms with Crippen LogP contribution in [0.4, 0.5) is 18.9 Å². The van der Waals surface area contributed by atoms with Gasteiger partial charge < -0.3 is 14.6 Å². The maximum Gasteiger partial charge on any atom is 0.416 e. The van der Waals surface area contributed by atoms with Crippen LogP contribution in [0, 0.1) is 0 Å². The molecule has 3 rings (SSSR count). The van der Waals surface area contributed by atoms with Crippen molar-refractivity contribution in [2.75, 3.05) is 18.6 Å². The summed E-state index contributed by atoms with van der Waals surface area (Å²) in [4.78, 5) is 24.7. The monoisotopic (exact) mass is 469 g/mol. The topological polar surface area (TPSA) is 76.1 Å². The summed E-state index contributed by atoms with van der Waals surface area (Å²) in [5, 5.41) is 8.72. The van der Waals surface area contributed by atoms with Crippen LogP contribution in [0.1, 0.15) is 11.1 Å². The van der Waals surface area contributed by atoms with Gasteiger partial charge in [-0.3, -0.25) is 9.69 Å². The first-order chi connectivity index (χ1) is 14.6. The number of carboxylic acids is 1. The first-order valence-corrected chi connectivity index (χ1v) is 9.80. The Morgan fingerprint density at radius 1 is 1.23 bits per heavy atom. The molecule has 0 saturated carbocycles. The molecule has 2 aromatic rings. The minimum Gasteiger partial charge on any atom is -0.493 e. The molecule has 0 bridgehead atoms. The Balaban J connectivity index is 1.88. The van der Waals surface area contributed by atoms with Gasteiger partial charge in [-0.05, 0) is 42.0 Å². The molecule has 2 aromatic carbocycles. The van der Waals surface area contributed by atoms with Crippen LogP contribution in [0.2, 0.25) is 0 Å². The van der Waals surface area contributed by atoms with E-state index in [1.165, 1.54) is 37.5 Å². The Hall–Kier alpha value is -3.05. The van der Waals surface area contributed by atoms with E-state index >= 15 is 0 Å². The van der Waals surface area contributed by atoms with Crippen molar-refractivity contribution in [3.8, 4) is 11.5 Å². The molecule has 0 unspecified atom stereocenters. The predicted molar refractivity (Wildman–Crippen MR) is 113 cm³/mol. The number of methoxy groups -OCH3 is 1. The number of benzene rings is 2. The molecule has 31 heavy (non-hydrogen) atoms. The zero-order valence-electron chi connectivity index (χ0n) is 15.8. The highest BCUT2D eigenvalue weighted by Gasteiger charge is 2.36. The molecule has 6 nitrogen and oxygen atoms in total. The lowest BCUT2D eigenvalue weighted by atomic mass is 10.1. The lowest BCUT2D eigenvalue weighted by Gasteiger charge is -2.16. The minimum absolute atomic E-state index is 0.0238. The summed E-state index contributed by atoms with van der Waals surface area (Å²) in [6, 6.07) is 8.97. The van der Waals surface area contributed by atoms with Crippen molar-refractivity contribution < 1.29 is 37.3 Å².